The predicted octanol–water partition coefficient (Wildman–Crippen LogP) is 5.06. The number of anilines is 2. The van der Waals surface area contributed by atoms with Crippen LogP contribution < -0.4 is 11.5 Å². The van der Waals surface area contributed by atoms with Crippen molar-refractivity contribution in [3.63, 3.8) is 0 Å². The summed E-state index contributed by atoms with van der Waals surface area (Å²) < 4.78 is 0. The van der Waals surface area contributed by atoms with Gasteiger partial charge >= 0.3 is 0 Å². The quantitative estimate of drug-likeness (QED) is 0.461. The lowest BCUT2D eigenvalue weighted by Crippen LogP contribution is -2.14. The van der Waals surface area contributed by atoms with Gasteiger partial charge in [0.25, 0.3) is 0 Å². The Bertz CT molecular complexity index is 964. The maximum Gasteiger partial charge on any atom is 0.233 e. The van der Waals surface area contributed by atoms with Crippen molar-refractivity contribution in [3.8, 4) is 0 Å². The summed E-state index contributed by atoms with van der Waals surface area (Å²) in [7, 11) is 0. The summed E-state index contributed by atoms with van der Waals surface area (Å²) in [6.45, 7) is 3.86. The molecule has 1 heterocycles. The van der Waals surface area contributed by atoms with Crippen LogP contribution in [0, 0.1) is 0 Å². The minimum Gasteiger partial charge on any atom is -0.396 e. The summed E-state index contributed by atoms with van der Waals surface area (Å²) in [6, 6.07) is 17.5. The molecule has 4 N–H and O–H groups in total. The predicted molar refractivity (Wildman–Crippen MR) is 124 cm³/mol. The molecule has 3 rings (SSSR count). The van der Waals surface area contributed by atoms with E-state index in [9.17, 15) is 9.59 Å². The molecule has 0 radical (unpaired) electrons. The lowest BCUT2D eigenvalue weighted by molar-refractivity contribution is 0.0817. The van der Waals surface area contributed by atoms with Gasteiger partial charge in [0.05, 0.1) is 5.69 Å². The molecule has 2 aromatic carbocycles. The van der Waals surface area contributed by atoms with Gasteiger partial charge in [0.15, 0.2) is 0 Å². The molecule has 5 nitrogen and oxygen atoms in total. The first-order chi connectivity index (χ1) is 14.5. The minimum absolute atomic E-state index is 0.396. The first-order valence-electron chi connectivity index (χ1n) is 9.46. The first-order valence-corrected chi connectivity index (χ1v) is 9.46. The summed E-state index contributed by atoms with van der Waals surface area (Å²) in [4.78, 5) is 28.2. The Balaban J connectivity index is 0.000000335. The zero-order valence-corrected chi connectivity index (χ0v) is 17.1. The molecular weight excluding hydrogens is 374 g/mol. The zero-order chi connectivity index (χ0) is 21.9. The van der Waals surface area contributed by atoms with E-state index >= 15 is 0 Å². The molecule has 0 unspecified atom stereocenters. The number of pyridine rings is 1. The molecule has 5 heteroatoms. The van der Waals surface area contributed by atoms with Crippen molar-refractivity contribution in [2.24, 2.45) is 0 Å². The molecular formula is C25H25N3O2. The van der Waals surface area contributed by atoms with Crippen molar-refractivity contribution < 1.29 is 9.59 Å². The van der Waals surface area contributed by atoms with E-state index in [0.29, 0.717) is 22.6 Å². The van der Waals surface area contributed by atoms with Gasteiger partial charge in [0.1, 0.15) is 5.82 Å². The highest BCUT2D eigenvalue weighted by Crippen LogP contribution is 2.12. The van der Waals surface area contributed by atoms with Gasteiger partial charge < -0.3 is 11.5 Å². The fraction of sp³-hybridized carbons (Fsp3) is 0.0800. The fourth-order valence-electron chi connectivity index (χ4n) is 2.57. The second-order valence-corrected chi connectivity index (χ2v) is 6.38. The number of rotatable bonds is 5. The first kappa shape index (κ1) is 22.3. The third kappa shape index (κ3) is 6.27. The molecule has 0 atom stereocenters. The SMILES string of the molecule is C/C=C/c1ccc(C(=O)C(=O)c2ccc(/C=C/C)cc2)cc1.Nc1cccnc1N. The molecule has 30 heavy (non-hydrogen) atoms. The summed E-state index contributed by atoms with van der Waals surface area (Å²) >= 11 is 0. The molecule has 0 spiro atoms. The maximum absolute atomic E-state index is 12.2. The summed E-state index contributed by atoms with van der Waals surface area (Å²) in [5.41, 5.74) is 14.0. The molecule has 3 aromatic rings. The van der Waals surface area contributed by atoms with Crippen molar-refractivity contribution in [1.29, 1.82) is 0 Å². The van der Waals surface area contributed by atoms with E-state index in [-0.39, 0.29) is 0 Å². The summed E-state index contributed by atoms with van der Waals surface area (Å²) in [5.74, 6) is -0.566. The normalized spacial score (nSPS) is 10.6. The number of nitrogens with two attached hydrogens (primary N) is 2. The number of allylic oxidation sites excluding steroid dienone is 2. The standard InChI is InChI=1S/C20H18O2.C5H7N3/c1-3-5-15-7-11-17(12-8-15)19(21)20(22)18-13-9-16(6-4-2)10-14-18;6-4-2-1-3-8-5(4)7/h3-14H,1-2H3;1-3H,6H2,(H2,7,8)/b5-3+,6-4+;. The summed E-state index contributed by atoms with van der Waals surface area (Å²) in [6.07, 6.45) is 9.33. The van der Waals surface area contributed by atoms with Crippen molar-refractivity contribution in [2.75, 3.05) is 11.5 Å². The minimum atomic E-state index is -0.481. The molecule has 152 valence electrons. The van der Waals surface area contributed by atoms with Crippen LogP contribution in [0.5, 0.6) is 0 Å². The number of hydrogen-bond acceptors (Lipinski definition) is 5. The molecule has 0 aliphatic rings. The van der Waals surface area contributed by atoms with Crippen LogP contribution in [0.1, 0.15) is 45.7 Å². The molecule has 0 aliphatic carbocycles. The van der Waals surface area contributed by atoms with E-state index in [1.807, 2.05) is 62.4 Å². The smallest absolute Gasteiger partial charge is 0.233 e. The Morgan fingerprint density at radius 1 is 0.733 bits per heavy atom. The highest BCUT2D eigenvalue weighted by atomic mass is 16.2. The Kier molecular flexibility index (Phi) is 8.27. The monoisotopic (exact) mass is 399 g/mol. The highest BCUT2D eigenvalue weighted by molar-refractivity contribution is 6.49. The van der Waals surface area contributed by atoms with E-state index in [1.165, 1.54) is 0 Å². The van der Waals surface area contributed by atoms with Crippen molar-refractivity contribution in [3.05, 3.63) is 101 Å². The Labute approximate surface area is 176 Å². The van der Waals surface area contributed by atoms with E-state index < -0.39 is 11.6 Å². The van der Waals surface area contributed by atoms with Crippen LogP contribution >= 0.6 is 0 Å². The number of aromatic nitrogens is 1. The van der Waals surface area contributed by atoms with Gasteiger partial charge in [-0.05, 0) is 37.1 Å². The van der Waals surface area contributed by atoms with Crippen LogP contribution in [0.15, 0.2) is 79.0 Å². The van der Waals surface area contributed by atoms with Crippen LogP contribution in [-0.4, -0.2) is 16.6 Å². The number of benzene rings is 2. The number of ketones is 2. The molecule has 0 saturated carbocycles. The van der Waals surface area contributed by atoms with Gasteiger partial charge in [0, 0.05) is 17.3 Å². The lowest BCUT2D eigenvalue weighted by atomic mass is 9.99. The largest absolute Gasteiger partial charge is 0.396 e. The zero-order valence-electron chi connectivity index (χ0n) is 17.1. The number of Topliss-reactive ketones (excluding diaryl/α,β-unsaturated/α-hetero) is 2. The van der Waals surface area contributed by atoms with Crippen LogP contribution in [0.2, 0.25) is 0 Å². The molecule has 0 amide bonds. The lowest BCUT2D eigenvalue weighted by Gasteiger charge is -2.02. The molecule has 0 saturated heterocycles. The van der Waals surface area contributed by atoms with Gasteiger partial charge in [-0.3, -0.25) is 9.59 Å². The van der Waals surface area contributed by atoms with Gasteiger partial charge in [-0.1, -0.05) is 72.8 Å². The average molecular weight is 399 g/mol. The number of nitrogen functional groups attached to an aromatic ring is 2. The highest BCUT2D eigenvalue weighted by Gasteiger charge is 2.17. The van der Waals surface area contributed by atoms with E-state index in [2.05, 4.69) is 4.98 Å². The van der Waals surface area contributed by atoms with Crippen molar-refractivity contribution in [1.82, 2.24) is 4.98 Å². The molecule has 0 aliphatic heterocycles. The van der Waals surface area contributed by atoms with Crippen LogP contribution in [0.25, 0.3) is 12.2 Å². The van der Waals surface area contributed by atoms with E-state index in [4.69, 9.17) is 11.5 Å². The second kappa shape index (κ2) is 11.1. The number of carbonyl (C=O) groups is 2. The Morgan fingerprint density at radius 3 is 1.47 bits per heavy atom. The maximum atomic E-state index is 12.2. The van der Waals surface area contributed by atoms with Crippen LogP contribution in [-0.2, 0) is 0 Å². The van der Waals surface area contributed by atoms with Crippen LogP contribution in [0.3, 0.4) is 0 Å². The van der Waals surface area contributed by atoms with Gasteiger partial charge in [-0.2, -0.15) is 0 Å². The average Bonchev–Trinajstić information content (AvgIpc) is 2.77. The molecule has 1 aromatic heterocycles. The van der Waals surface area contributed by atoms with Gasteiger partial charge in [0.2, 0.25) is 11.6 Å². The number of nitrogens with zero attached hydrogens (tertiary/aromatic N) is 1. The number of hydrogen-bond donors (Lipinski definition) is 2. The summed E-state index contributed by atoms with van der Waals surface area (Å²) in [5, 5.41) is 0. The van der Waals surface area contributed by atoms with Gasteiger partial charge in [-0.25, -0.2) is 4.98 Å². The topological polar surface area (TPSA) is 99.1 Å². The molecule has 0 bridgehead atoms. The molecule has 0 fully saturated rings. The third-order valence-electron chi connectivity index (χ3n) is 4.14. The van der Waals surface area contributed by atoms with Crippen molar-refractivity contribution in [2.45, 2.75) is 13.8 Å². The van der Waals surface area contributed by atoms with E-state index in [1.54, 1.807) is 42.6 Å². The second-order valence-electron chi connectivity index (χ2n) is 6.38. The fourth-order valence-corrected chi connectivity index (χ4v) is 2.57. The van der Waals surface area contributed by atoms with Crippen LogP contribution in [0.4, 0.5) is 11.5 Å². The third-order valence-corrected chi connectivity index (χ3v) is 4.14. The van der Waals surface area contributed by atoms with Gasteiger partial charge in [-0.15, -0.1) is 0 Å². The van der Waals surface area contributed by atoms with E-state index in [0.717, 1.165) is 11.1 Å². The Morgan fingerprint density at radius 2 is 1.17 bits per heavy atom. The Hall–Kier alpha value is -3.99. The number of carbonyl (C=O) groups excluding carboxylic acids is 2. The van der Waals surface area contributed by atoms with Crippen molar-refractivity contribution >= 4 is 35.2 Å².